The monoisotopic (exact) mass is 405 g/mol. The first kappa shape index (κ1) is 20.2. The predicted molar refractivity (Wildman–Crippen MR) is 91.0 cm³/mol. The highest BCUT2D eigenvalue weighted by Crippen LogP contribution is 2.29. The van der Waals surface area contributed by atoms with Gasteiger partial charge in [-0.15, -0.1) is 11.3 Å². The summed E-state index contributed by atoms with van der Waals surface area (Å²) < 4.78 is 42.2. The third kappa shape index (κ3) is 6.30. The average Bonchev–Trinajstić information content (AvgIpc) is 2.99. The van der Waals surface area contributed by atoms with Crippen molar-refractivity contribution in [2.45, 2.75) is 24.5 Å². The zero-order chi connectivity index (χ0) is 19.2. The number of thiazole rings is 1. The lowest BCUT2D eigenvalue weighted by Gasteiger charge is -2.06. The van der Waals surface area contributed by atoms with Gasteiger partial charge in [0.1, 0.15) is 0 Å². The molecule has 26 heavy (non-hydrogen) atoms. The van der Waals surface area contributed by atoms with E-state index in [1.54, 1.807) is 12.3 Å². The fraction of sp³-hybridized carbons (Fsp3) is 0.333. The number of hydrogen-bond acceptors (Lipinski definition) is 7. The molecule has 0 unspecified atom stereocenters. The van der Waals surface area contributed by atoms with Gasteiger partial charge in [-0.1, -0.05) is 11.8 Å². The number of thioether (sulfide) groups is 1. The molecule has 0 saturated heterocycles. The molecule has 0 aliphatic heterocycles. The first-order chi connectivity index (χ1) is 12.3. The summed E-state index contributed by atoms with van der Waals surface area (Å²) in [4.78, 5) is 31.0. The second-order valence-corrected chi connectivity index (χ2v) is 6.70. The summed E-state index contributed by atoms with van der Waals surface area (Å²) >= 11 is 2.17. The largest absolute Gasteiger partial charge is 0.466 e. The molecule has 2 aromatic heterocycles. The minimum absolute atomic E-state index is 0.0183. The number of carbonyl (C=O) groups excluding carboxylic acids is 2. The quantitative estimate of drug-likeness (QED) is 0.562. The Kier molecular flexibility index (Phi) is 6.98. The van der Waals surface area contributed by atoms with Crippen LogP contribution in [0.5, 0.6) is 0 Å². The molecule has 0 fully saturated rings. The lowest BCUT2D eigenvalue weighted by Crippen LogP contribution is -2.14. The van der Waals surface area contributed by atoms with Crippen molar-refractivity contribution in [3.63, 3.8) is 0 Å². The van der Waals surface area contributed by atoms with E-state index in [1.807, 2.05) is 0 Å². The minimum atomic E-state index is -4.44. The molecule has 0 atom stereocenters. The highest BCUT2D eigenvalue weighted by Gasteiger charge is 2.30. The van der Waals surface area contributed by atoms with E-state index in [0.29, 0.717) is 15.9 Å². The van der Waals surface area contributed by atoms with Crippen molar-refractivity contribution in [3.8, 4) is 0 Å². The second kappa shape index (κ2) is 8.99. The van der Waals surface area contributed by atoms with Gasteiger partial charge in [-0.05, 0) is 19.1 Å². The number of ether oxygens (including phenoxy) is 1. The molecule has 2 heterocycles. The van der Waals surface area contributed by atoms with Crippen LogP contribution in [-0.2, 0) is 26.9 Å². The summed E-state index contributed by atoms with van der Waals surface area (Å²) in [5, 5.41) is 4.83. The fourth-order valence-electron chi connectivity index (χ4n) is 1.73. The number of nitrogens with zero attached hydrogens (tertiary/aromatic N) is 2. The Balaban J connectivity index is 1.82. The van der Waals surface area contributed by atoms with Gasteiger partial charge in [0, 0.05) is 11.6 Å². The summed E-state index contributed by atoms with van der Waals surface area (Å²) in [5.41, 5.74) is -0.357. The van der Waals surface area contributed by atoms with Crippen LogP contribution in [0.4, 0.5) is 18.3 Å². The number of esters is 1. The van der Waals surface area contributed by atoms with E-state index < -0.39 is 17.7 Å². The fourth-order valence-corrected chi connectivity index (χ4v) is 3.10. The van der Waals surface area contributed by atoms with Crippen LogP contribution >= 0.6 is 23.1 Å². The van der Waals surface area contributed by atoms with Gasteiger partial charge in [-0.2, -0.15) is 13.2 Å². The van der Waals surface area contributed by atoms with Crippen LogP contribution in [0.25, 0.3) is 0 Å². The molecule has 0 saturated carbocycles. The summed E-state index contributed by atoms with van der Waals surface area (Å²) in [5.74, 6) is -0.820. The molecule has 2 rings (SSSR count). The number of anilines is 1. The molecule has 0 aromatic carbocycles. The molecule has 0 aliphatic carbocycles. The van der Waals surface area contributed by atoms with Gasteiger partial charge in [0.05, 0.1) is 35.1 Å². The smallest absolute Gasteiger partial charge is 0.417 e. The number of pyridine rings is 1. The van der Waals surface area contributed by atoms with Crippen LogP contribution in [0.2, 0.25) is 0 Å². The summed E-state index contributed by atoms with van der Waals surface area (Å²) in [7, 11) is 0. The van der Waals surface area contributed by atoms with Gasteiger partial charge in [0.25, 0.3) is 0 Å². The van der Waals surface area contributed by atoms with E-state index in [4.69, 9.17) is 4.74 Å². The molecular weight excluding hydrogens is 391 g/mol. The number of nitrogens with one attached hydrogen (secondary N) is 1. The number of aromatic nitrogens is 2. The van der Waals surface area contributed by atoms with Crippen molar-refractivity contribution in [1.82, 2.24) is 9.97 Å². The second-order valence-electron chi connectivity index (χ2n) is 4.85. The number of halogens is 3. The Labute approximate surface area is 155 Å². The third-order valence-corrected chi connectivity index (χ3v) is 4.59. The van der Waals surface area contributed by atoms with Crippen LogP contribution in [0.3, 0.4) is 0 Å². The van der Waals surface area contributed by atoms with Crippen LogP contribution in [0.15, 0.2) is 28.7 Å². The van der Waals surface area contributed by atoms with Crippen molar-refractivity contribution in [2.24, 2.45) is 0 Å². The van der Waals surface area contributed by atoms with Crippen molar-refractivity contribution < 1.29 is 27.5 Å². The number of hydrogen-bond donors (Lipinski definition) is 1. The predicted octanol–water partition coefficient (Wildman–Crippen LogP) is 3.39. The van der Waals surface area contributed by atoms with Crippen LogP contribution in [0, 0.1) is 0 Å². The minimum Gasteiger partial charge on any atom is -0.466 e. The molecule has 6 nitrogen and oxygen atoms in total. The van der Waals surface area contributed by atoms with Crippen LogP contribution in [-0.4, -0.2) is 34.2 Å². The number of alkyl halides is 3. The SMILES string of the molecule is CCOC(=O)Cc1csc(NC(=O)CSc2ccc(C(F)(F)F)cn2)n1. The molecule has 140 valence electrons. The maximum absolute atomic E-state index is 12.5. The van der Waals surface area contributed by atoms with E-state index in [0.717, 1.165) is 35.4 Å². The van der Waals surface area contributed by atoms with Gasteiger partial charge in [0.2, 0.25) is 5.91 Å². The maximum Gasteiger partial charge on any atom is 0.417 e. The van der Waals surface area contributed by atoms with E-state index in [2.05, 4.69) is 15.3 Å². The van der Waals surface area contributed by atoms with Gasteiger partial charge >= 0.3 is 12.1 Å². The van der Waals surface area contributed by atoms with Crippen molar-refractivity contribution in [3.05, 3.63) is 35.0 Å². The first-order valence-corrected chi connectivity index (χ1v) is 9.20. The summed E-state index contributed by atoms with van der Waals surface area (Å²) in [6.07, 6.45) is -3.70. The first-order valence-electron chi connectivity index (χ1n) is 7.34. The Morgan fingerprint density at radius 3 is 2.73 bits per heavy atom. The van der Waals surface area contributed by atoms with Crippen molar-refractivity contribution in [2.75, 3.05) is 17.7 Å². The zero-order valence-corrected chi connectivity index (χ0v) is 15.1. The summed E-state index contributed by atoms with van der Waals surface area (Å²) in [6, 6.07) is 2.12. The Bertz CT molecular complexity index is 763. The normalized spacial score (nSPS) is 11.2. The molecule has 1 amide bonds. The molecule has 0 bridgehead atoms. The van der Waals surface area contributed by atoms with Crippen LogP contribution < -0.4 is 5.32 Å². The molecule has 0 aliphatic rings. The van der Waals surface area contributed by atoms with E-state index in [1.165, 1.54) is 6.07 Å². The van der Waals surface area contributed by atoms with E-state index in [9.17, 15) is 22.8 Å². The van der Waals surface area contributed by atoms with Gasteiger partial charge < -0.3 is 10.1 Å². The van der Waals surface area contributed by atoms with Gasteiger partial charge in [-0.25, -0.2) is 9.97 Å². The molecule has 11 heteroatoms. The topological polar surface area (TPSA) is 81.2 Å². The molecule has 0 radical (unpaired) electrons. The molecular formula is C15H14F3N3O3S2. The average molecular weight is 405 g/mol. The zero-order valence-electron chi connectivity index (χ0n) is 13.5. The molecule has 2 aromatic rings. The number of rotatable bonds is 7. The lowest BCUT2D eigenvalue weighted by atomic mass is 10.3. The molecule has 1 N–H and O–H groups in total. The Morgan fingerprint density at radius 1 is 1.35 bits per heavy atom. The maximum atomic E-state index is 12.5. The third-order valence-electron chi connectivity index (χ3n) is 2.84. The Morgan fingerprint density at radius 2 is 2.12 bits per heavy atom. The van der Waals surface area contributed by atoms with E-state index >= 15 is 0 Å². The highest BCUT2D eigenvalue weighted by molar-refractivity contribution is 7.99. The van der Waals surface area contributed by atoms with E-state index in [-0.39, 0.29) is 24.7 Å². The standard InChI is InChI=1S/C15H14F3N3O3S2/c1-2-24-13(23)5-10-7-26-14(20-10)21-11(22)8-25-12-4-3-9(6-19-12)15(16,17)18/h3-4,6-7H,2,5,8H2,1H3,(H,20,21,22). The number of carbonyl (C=O) groups is 2. The number of amides is 1. The van der Waals surface area contributed by atoms with Crippen molar-refractivity contribution >= 4 is 40.1 Å². The molecule has 0 spiro atoms. The van der Waals surface area contributed by atoms with Gasteiger partial charge in [-0.3, -0.25) is 9.59 Å². The van der Waals surface area contributed by atoms with Crippen LogP contribution in [0.1, 0.15) is 18.2 Å². The summed E-state index contributed by atoms with van der Waals surface area (Å²) in [6.45, 7) is 1.98. The van der Waals surface area contributed by atoms with Gasteiger partial charge in [0.15, 0.2) is 5.13 Å². The highest BCUT2D eigenvalue weighted by atomic mass is 32.2. The Hall–Kier alpha value is -2.14. The lowest BCUT2D eigenvalue weighted by molar-refractivity contribution is -0.142. The van der Waals surface area contributed by atoms with Crippen molar-refractivity contribution in [1.29, 1.82) is 0 Å².